The lowest BCUT2D eigenvalue weighted by Gasteiger charge is -2.09. The lowest BCUT2D eigenvalue weighted by molar-refractivity contribution is 0.326. The number of nitrogens with two attached hydrogens (primary N) is 1. The van der Waals surface area contributed by atoms with Crippen LogP contribution in [-0.4, -0.2) is 23.1 Å². The van der Waals surface area contributed by atoms with Gasteiger partial charge in [-0.3, -0.25) is 0 Å². The Morgan fingerprint density at radius 1 is 1.20 bits per heavy atom. The van der Waals surface area contributed by atoms with Crippen LogP contribution >= 0.6 is 0 Å². The number of hydrogen-bond acceptors (Lipinski definition) is 5. The molecule has 0 saturated heterocycles. The fourth-order valence-corrected chi connectivity index (χ4v) is 1.87. The molecule has 0 bridgehead atoms. The van der Waals surface area contributed by atoms with Gasteiger partial charge in [0.25, 0.3) is 0 Å². The van der Waals surface area contributed by atoms with Gasteiger partial charge in [-0.05, 0) is 44.5 Å². The van der Waals surface area contributed by atoms with Crippen LogP contribution in [0.1, 0.15) is 18.2 Å². The molecule has 0 saturated carbocycles. The molecule has 5 nitrogen and oxygen atoms in total. The lowest BCUT2D eigenvalue weighted by Crippen LogP contribution is -2.03. The van der Waals surface area contributed by atoms with Crippen molar-refractivity contribution in [3.05, 3.63) is 41.6 Å². The minimum absolute atomic E-state index is 0.542. The lowest BCUT2D eigenvalue weighted by atomic mass is 10.1. The number of anilines is 2. The Bertz CT molecular complexity index is 554. The van der Waals surface area contributed by atoms with E-state index in [2.05, 4.69) is 27.4 Å². The molecule has 20 heavy (non-hydrogen) atoms. The standard InChI is InChI=1S/C15H20N4O/c1-3-20-14-10-11(2)17-15(19-14)18-13-6-4-12(5-7-13)8-9-16/h4-7,10H,3,8-9,16H2,1-2H3,(H,17,18,19). The summed E-state index contributed by atoms with van der Waals surface area (Å²) in [6.45, 7) is 5.09. The summed E-state index contributed by atoms with van der Waals surface area (Å²) in [5, 5.41) is 3.18. The second kappa shape index (κ2) is 6.86. The molecular formula is C15H20N4O. The topological polar surface area (TPSA) is 73.1 Å². The van der Waals surface area contributed by atoms with Gasteiger partial charge in [-0.2, -0.15) is 4.98 Å². The van der Waals surface area contributed by atoms with Crippen molar-refractivity contribution in [1.82, 2.24) is 9.97 Å². The third kappa shape index (κ3) is 3.93. The average molecular weight is 272 g/mol. The van der Waals surface area contributed by atoms with Gasteiger partial charge in [-0.1, -0.05) is 12.1 Å². The number of nitrogens with zero attached hydrogens (tertiary/aromatic N) is 2. The molecule has 1 aromatic heterocycles. The van der Waals surface area contributed by atoms with Crippen molar-refractivity contribution in [3.63, 3.8) is 0 Å². The van der Waals surface area contributed by atoms with E-state index in [4.69, 9.17) is 10.5 Å². The Morgan fingerprint density at radius 2 is 1.95 bits per heavy atom. The van der Waals surface area contributed by atoms with Crippen molar-refractivity contribution < 1.29 is 4.74 Å². The van der Waals surface area contributed by atoms with Gasteiger partial charge in [0.2, 0.25) is 11.8 Å². The first kappa shape index (κ1) is 14.3. The van der Waals surface area contributed by atoms with Crippen LogP contribution in [0.5, 0.6) is 5.88 Å². The number of benzene rings is 1. The molecule has 2 rings (SSSR count). The Kier molecular flexibility index (Phi) is 4.90. The van der Waals surface area contributed by atoms with Gasteiger partial charge in [0.1, 0.15) is 0 Å². The quantitative estimate of drug-likeness (QED) is 0.845. The van der Waals surface area contributed by atoms with E-state index >= 15 is 0 Å². The largest absolute Gasteiger partial charge is 0.478 e. The number of ether oxygens (including phenoxy) is 1. The molecule has 5 heteroatoms. The summed E-state index contributed by atoms with van der Waals surface area (Å²) in [4.78, 5) is 8.66. The van der Waals surface area contributed by atoms with Crippen LogP contribution in [0.25, 0.3) is 0 Å². The van der Waals surface area contributed by atoms with Gasteiger partial charge in [0, 0.05) is 17.4 Å². The molecule has 0 aliphatic rings. The first-order valence-electron chi connectivity index (χ1n) is 6.75. The highest BCUT2D eigenvalue weighted by Gasteiger charge is 2.03. The first-order chi connectivity index (χ1) is 9.71. The number of aromatic nitrogens is 2. The van der Waals surface area contributed by atoms with E-state index in [1.807, 2.05) is 32.0 Å². The number of aryl methyl sites for hydroxylation is 1. The summed E-state index contributed by atoms with van der Waals surface area (Å²) in [5.41, 5.74) is 8.56. The highest BCUT2D eigenvalue weighted by Crippen LogP contribution is 2.17. The van der Waals surface area contributed by atoms with Crippen molar-refractivity contribution in [2.24, 2.45) is 5.73 Å². The summed E-state index contributed by atoms with van der Waals surface area (Å²) < 4.78 is 5.41. The molecule has 106 valence electrons. The van der Waals surface area contributed by atoms with Crippen molar-refractivity contribution in [1.29, 1.82) is 0 Å². The van der Waals surface area contributed by atoms with Gasteiger partial charge < -0.3 is 15.8 Å². The highest BCUT2D eigenvalue weighted by molar-refractivity contribution is 5.54. The third-order valence-corrected chi connectivity index (χ3v) is 2.77. The van der Waals surface area contributed by atoms with Gasteiger partial charge in [-0.25, -0.2) is 4.98 Å². The van der Waals surface area contributed by atoms with E-state index in [1.54, 1.807) is 0 Å². The number of nitrogens with one attached hydrogen (secondary N) is 1. The molecule has 1 heterocycles. The molecule has 0 fully saturated rings. The van der Waals surface area contributed by atoms with Gasteiger partial charge in [0.05, 0.1) is 6.61 Å². The zero-order valence-electron chi connectivity index (χ0n) is 11.9. The van der Waals surface area contributed by atoms with Crippen LogP contribution in [0.4, 0.5) is 11.6 Å². The van der Waals surface area contributed by atoms with Crippen LogP contribution in [0.3, 0.4) is 0 Å². The maximum atomic E-state index is 5.53. The summed E-state index contributed by atoms with van der Waals surface area (Å²) in [6.07, 6.45) is 0.885. The van der Waals surface area contributed by atoms with Crippen molar-refractivity contribution in [2.75, 3.05) is 18.5 Å². The molecule has 0 amide bonds. The highest BCUT2D eigenvalue weighted by atomic mass is 16.5. The molecule has 0 aliphatic heterocycles. The summed E-state index contributed by atoms with van der Waals surface area (Å²) in [6, 6.07) is 9.91. The predicted octanol–water partition coefficient (Wildman–Crippen LogP) is 2.43. The minimum atomic E-state index is 0.542. The zero-order chi connectivity index (χ0) is 14.4. The SMILES string of the molecule is CCOc1cc(C)nc(Nc2ccc(CCN)cc2)n1. The van der Waals surface area contributed by atoms with Gasteiger partial charge in [-0.15, -0.1) is 0 Å². The van der Waals surface area contributed by atoms with Crippen LogP contribution < -0.4 is 15.8 Å². The predicted molar refractivity (Wildman–Crippen MR) is 80.4 cm³/mol. The third-order valence-electron chi connectivity index (χ3n) is 2.77. The van der Waals surface area contributed by atoms with E-state index in [9.17, 15) is 0 Å². The minimum Gasteiger partial charge on any atom is -0.478 e. The Hall–Kier alpha value is -2.14. The summed E-state index contributed by atoms with van der Waals surface area (Å²) in [7, 11) is 0. The molecular weight excluding hydrogens is 252 g/mol. The van der Waals surface area contributed by atoms with Crippen LogP contribution in [0.15, 0.2) is 30.3 Å². The van der Waals surface area contributed by atoms with E-state index in [0.717, 1.165) is 17.8 Å². The second-order valence-electron chi connectivity index (χ2n) is 4.46. The number of rotatable bonds is 6. The zero-order valence-corrected chi connectivity index (χ0v) is 11.9. The van der Waals surface area contributed by atoms with Crippen molar-refractivity contribution in [3.8, 4) is 5.88 Å². The molecule has 1 aromatic carbocycles. The maximum absolute atomic E-state index is 5.53. The van der Waals surface area contributed by atoms with E-state index in [0.29, 0.717) is 25.0 Å². The molecule has 0 radical (unpaired) electrons. The van der Waals surface area contributed by atoms with Gasteiger partial charge in [0.15, 0.2) is 0 Å². The van der Waals surface area contributed by atoms with Crippen LogP contribution in [-0.2, 0) is 6.42 Å². The Balaban J connectivity index is 2.12. The van der Waals surface area contributed by atoms with E-state index < -0.39 is 0 Å². The molecule has 0 atom stereocenters. The molecule has 0 unspecified atom stereocenters. The van der Waals surface area contributed by atoms with Crippen LogP contribution in [0.2, 0.25) is 0 Å². The van der Waals surface area contributed by atoms with Crippen LogP contribution in [0, 0.1) is 6.92 Å². The summed E-state index contributed by atoms with van der Waals surface area (Å²) in [5.74, 6) is 1.13. The normalized spacial score (nSPS) is 10.3. The summed E-state index contributed by atoms with van der Waals surface area (Å²) >= 11 is 0. The van der Waals surface area contributed by atoms with Gasteiger partial charge >= 0.3 is 0 Å². The Labute approximate surface area is 119 Å². The molecule has 3 N–H and O–H groups in total. The van der Waals surface area contributed by atoms with E-state index in [1.165, 1.54) is 5.56 Å². The fraction of sp³-hybridized carbons (Fsp3) is 0.333. The molecule has 0 spiro atoms. The monoisotopic (exact) mass is 272 g/mol. The van der Waals surface area contributed by atoms with Crippen molar-refractivity contribution >= 4 is 11.6 Å². The number of hydrogen-bond donors (Lipinski definition) is 2. The average Bonchev–Trinajstić information content (AvgIpc) is 2.41. The smallest absolute Gasteiger partial charge is 0.230 e. The maximum Gasteiger partial charge on any atom is 0.230 e. The van der Waals surface area contributed by atoms with E-state index in [-0.39, 0.29) is 0 Å². The van der Waals surface area contributed by atoms with Crippen molar-refractivity contribution in [2.45, 2.75) is 20.3 Å². The Morgan fingerprint density at radius 3 is 2.60 bits per heavy atom. The molecule has 2 aromatic rings. The molecule has 0 aliphatic carbocycles. The second-order valence-corrected chi connectivity index (χ2v) is 4.46. The fourth-order valence-electron chi connectivity index (χ4n) is 1.87. The first-order valence-corrected chi connectivity index (χ1v) is 6.75.